The average molecular weight is 476 g/mol. The minimum Gasteiger partial charge on any atom is -0.350 e. The first kappa shape index (κ1) is 23.4. The Morgan fingerprint density at radius 3 is 2.39 bits per heavy atom. The van der Waals surface area contributed by atoms with E-state index < -0.39 is 0 Å². The lowest BCUT2D eigenvalue weighted by Gasteiger charge is -2.19. The van der Waals surface area contributed by atoms with E-state index in [0.29, 0.717) is 6.54 Å². The normalized spacial score (nSPS) is 11.5. The number of benzene rings is 2. The van der Waals surface area contributed by atoms with Crippen LogP contribution in [0.2, 0.25) is 0 Å². The number of rotatable bonds is 6. The highest BCUT2D eigenvalue weighted by Crippen LogP contribution is 2.34. The first-order chi connectivity index (χ1) is 17.4. The van der Waals surface area contributed by atoms with Gasteiger partial charge in [0, 0.05) is 36.1 Å². The van der Waals surface area contributed by atoms with Crippen molar-refractivity contribution in [3.05, 3.63) is 103 Å². The summed E-state index contributed by atoms with van der Waals surface area (Å²) in [5, 5.41) is 8.82. The van der Waals surface area contributed by atoms with Gasteiger partial charge in [-0.2, -0.15) is 5.10 Å². The van der Waals surface area contributed by atoms with Crippen molar-refractivity contribution in [2.24, 2.45) is 0 Å². The molecule has 1 N–H and O–H groups in total. The highest BCUT2D eigenvalue weighted by Gasteiger charge is 2.18. The van der Waals surface area contributed by atoms with Crippen LogP contribution in [0.5, 0.6) is 0 Å². The molecule has 3 aromatic heterocycles. The van der Waals surface area contributed by atoms with E-state index in [-0.39, 0.29) is 17.9 Å². The van der Waals surface area contributed by atoms with Crippen molar-refractivity contribution >= 4 is 16.8 Å². The number of hydrogen-bond acceptors (Lipinski definition) is 4. The second kappa shape index (κ2) is 9.74. The van der Waals surface area contributed by atoms with Gasteiger partial charge in [-0.3, -0.25) is 19.4 Å². The number of carbonyl (C=O) groups excluding carboxylic acids is 1. The van der Waals surface area contributed by atoms with Crippen molar-refractivity contribution in [3.63, 3.8) is 0 Å². The van der Waals surface area contributed by atoms with E-state index in [1.807, 2.05) is 48.7 Å². The summed E-state index contributed by atoms with van der Waals surface area (Å²) in [7, 11) is 0. The van der Waals surface area contributed by atoms with Gasteiger partial charge in [-0.1, -0.05) is 69.3 Å². The summed E-state index contributed by atoms with van der Waals surface area (Å²) < 4.78 is 1.69. The third-order valence-electron chi connectivity index (χ3n) is 6.22. The van der Waals surface area contributed by atoms with Crippen LogP contribution >= 0.6 is 0 Å². The molecule has 0 atom stereocenters. The van der Waals surface area contributed by atoms with Crippen molar-refractivity contribution in [3.8, 4) is 22.5 Å². The Morgan fingerprint density at radius 2 is 1.64 bits per heavy atom. The predicted octanol–water partition coefficient (Wildman–Crippen LogP) is 5.77. The lowest BCUT2D eigenvalue weighted by atomic mass is 9.87. The van der Waals surface area contributed by atoms with E-state index in [1.165, 1.54) is 5.56 Å². The molecule has 0 radical (unpaired) electrons. The molecule has 0 unspecified atom stereocenters. The number of para-hydroxylation sites is 1. The van der Waals surface area contributed by atoms with E-state index in [0.717, 1.165) is 39.0 Å². The van der Waals surface area contributed by atoms with Crippen LogP contribution < -0.4 is 5.32 Å². The van der Waals surface area contributed by atoms with Gasteiger partial charge in [0.25, 0.3) is 0 Å². The minimum atomic E-state index is -0.101. The maximum Gasteiger partial charge on any atom is 0.241 e. The van der Waals surface area contributed by atoms with Crippen LogP contribution in [-0.2, 0) is 23.3 Å². The summed E-state index contributed by atoms with van der Waals surface area (Å²) in [4.78, 5) is 21.8. The Hall–Kier alpha value is -4.32. The molecule has 0 bridgehead atoms. The van der Waals surface area contributed by atoms with Gasteiger partial charge in [0.15, 0.2) is 0 Å². The number of nitrogens with one attached hydrogen (secondary N) is 1. The van der Waals surface area contributed by atoms with Crippen molar-refractivity contribution in [1.29, 1.82) is 0 Å². The van der Waals surface area contributed by atoms with Crippen molar-refractivity contribution in [2.75, 3.05) is 0 Å². The van der Waals surface area contributed by atoms with Crippen LogP contribution in [0, 0.1) is 0 Å². The molecular weight excluding hydrogens is 446 g/mol. The molecule has 0 spiro atoms. The van der Waals surface area contributed by atoms with Crippen LogP contribution in [0.4, 0.5) is 0 Å². The van der Waals surface area contributed by atoms with Crippen molar-refractivity contribution < 1.29 is 4.79 Å². The molecule has 0 aliphatic rings. The molecule has 0 aliphatic heterocycles. The highest BCUT2D eigenvalue weighted by atomic mass is 16.2. The molecule has 3 heterocycles. The second-order valence-electron chi connectivity index (χ2n) is 9.90. The number of aromatic nitrogens is 4. The summed E-state index contributed by atoms with van der Waals surface area (Å²) in [6.07, 6.45) is 5.47. The molecule has 0 fully saturated rings. The molecule has 0 saturated carbocycles. The first-order valence-corrected chi connectivity index (χ1v) is 12.1. The maximum atomic E-state index is 12.8. The minimum absolute atomic E-state index is 0.101. The summed E-state index contributed by atoms with van der Waals surface area (Å²) in [6.45, 7) is 7.16. The summed E-state index contributed by atoms with van der Waals surface area (Å²) in [5.41, 5.74) is 6.76. The van der Waals surface area contributed by atoms with E-state index in [9.17, 15) is 4.79 Å². The Labute approximate surface area is 211 Å². The molecule has 0 saturated heterocycles. The van der Waals surface area contributed by atoms with Gasteiger partial charge >= 0.3 is 0 Å². The molecule has 2 aromatic carbocycles. The second-order valence-corrected chi connectivity index (χ2v) is 9.90. The molecular formula is C30H29N5O. The topological polar surface area (TPSA) is 72.7 Å². The van der Waals surface area contributed by atoms with Gasteiger partial charge in [-0.25, -0.2) is 0 Å². The maximum absolute atomic E-state index is 12.8. The zero-order valence-corrected chi connectivity index (χ0v) is 20.8. The fraction of sp³-hybridized carbons (Fsp3) is 0.200. The van der Waals surface area contributed by atoms with Crippen molar-refractivity contribution in [1.82, 2.24) is 25.1 Å². The predicted molar refractivity (Wildman–Crippen MR) is 143 cm³/mol. The Morgan fingerprint density at radius 1 is 0.861 bits per heavy atom. The van der Waals surface area contributed by atoms with E-state index in [2.05, 4.69) is 66.4 Å². The third kappa shape index (κ3) is 5.03. The number of fused-ring (bicyclic) bond motifs is 1. The molecule has 6 nitrogen and oxygen atoms in total. The molecule has 6 heteroatoms. The zero-order chi connectivity index (χ0) is 25.1. The van der Waals surface area contributed by atoms with Crippen molar-refractivity contribution in [2.45, 2.75) is 39.3 Å². The van der Waals surface area contributed by atoms with Crippen LogP contribution in [-0.4, -0.2) is 25.7 Å². The fourth-order valence-corrected chi connectivity index (χ4v) is 4.25. The monoisotopic (exact) mass is 475 g/mol. The van der Waals surface area contributed by atoms with E-state index in [4.69, 9.17) is 5.10 Å². The van der Waals surface area contributed by atoms with Gasteiger partial charge in [0.1, 0.15) is 12.2 Å². The molecule has 1 amide bonds. The lowest BCUT2D eigenvalue weighted by Crippen LogP contribution is -2.27. The highest BCUT2D eigenvalue weighted by molar-refractivity contribution is 5.97. The van der Waals surface area contributed by atoms with Crippen LogP contribution in [0.3, 0.4) is 0 Å². The van der Waals surface area contributed by atoms with Gasteiger partial charge in [-0.15, -0.1) is 0 Å². The van der Waals surface area contributed by atoms with Crippen LogP contribution in [0.1, 0.15) is 31.9 Å². The zero-order valence-electron chi connectivity index (χ0n) is 20.8. The van der Waals surface area contributed by atoms with Gasteiger partial charge in [-0.05, 0) is 46.4 Å². The number of amides is 1. The summed E-state index contributed by atoms with van der Waals surface area (Å²) >= 11 is 0. The Kier molecular flexibility index (Phi) is 6.34. The average Bonchev–Trinajstić information content (AvgIpc) is 3.31. The molecule has 5 aromatic rings. The first-order valence-electron chi connectivity index (χ1n) is 12.1. The quantitative estimate of drug-likeness (QED) is 0.338. The number of carbonyl (C=O) groups is 1. The summed E-state index contributed by atoms with van der Waals surface area (Å²) in [5.74, 6) is -0.101. The lowest BCUT2D eigenvalue weighted by molar-refractivity contribution is -0.122. The SMILES string of the molecule is CC(C)(C)c1ccc(CNC(=O)Cn2cc(-c3ccnc4ccccc34)c(-c3ccccn3)n2)cc1. The van der Waals surface area contributed by atoms with E-state index >= 15 is 0 Å². The number of nitrogens with zero attached hydrogens (tertiary/aromatic N) is 4. The van der Waals surface area contributed by atoms with Crippen LogP contribution in [0.15, 0.2) is 91.4 Å². The molecule has 0 aliphatic carbocycles. The Bertz CT molecular complexity index is 1490. The van der Waals surface area contributed by atoms with Crippen LogP contribution in [0.25, 0.3) is 33.4 Å². The largest absolute Gasteiger partial charge is 0.350 e. The van der Waals surface area contributed by atoms with Gasteiger partial charge in [0.05, 0.1) is 11.2 Å². The number of pyridine rings is 2. The Balaban J connectivity index is 1.39. The molecule has 36 heavy (non-hydrogen) atoms. The standard InChI is InChI=1S/C30H29N5O/c1-30(2,3)22-13-11-21(12-14-22)18-33-28(36)20-35-19-25(29(34-35)27-10-6-7-16-31-27)23-15-17-32-26-9-5-4-8-24(23)26/h4-17,19H,18,20H2,1-3H3,(H,33,36). The number of hydrogen-bond donors (Lipinski definition) is 1. The van der Waals surface area contributed by atoms with Gasteiger partial charge in [0.2, 0.25) is 5.91 Å². The van der Waals surface area contributed by atoms with E-state index in [1.54, 1.807) is 17.1 Å². The third-order valence-corrected chi connectivity index (χ3v) is 6.22. The smallest absolute Gasteiger partial charge is 0.241 e. The molecule has 5 rings (SSSR count). The molecule has 180 valence electrons. The van der Waals surface area contributed by atoms with Gasteiger partial charge < -0.3 is 5.32 Å². The summed E-state index contributed by atoms with van der Waals surface area (Å²) in [6, 6.07) is 24.1. The fourth-order valence-electron chi connectivity index (χ4n) is 4.25.